The van der Waals surface area contributed by atoms with E-state index >= 15 is 0 Å². The van der Waals surface area contributed by atoms with E-state index < -0.39 is 0 Å². The summed E-state index contributed by atoms with van der Waals surface area (Å²) in [7, 11) is 0. The number of para-hydroxylation sites is 1. The molecule has 0 amide bonds. The lowest BCUT2D eigenvalue weighted by Gasteiger charge is -2.18. The maximum Gasteiger partial charge on any atom is 0.333 e. The van der Waals surface area contributed by atoms with E-state index in [9.17, 15) is 4.79 Å². The Morgan fingerprint density at radius 1 is 0.970 bits per heavy atom. The second-order valence-electron chi connectivity index (χ2n) is 8.44. The van der Waals surface area contributed by atoms with Gasteiger partial charge in [-0.3, -0.25) is 0 Å². The normalized spacial score (nSPS) is 15.6. The van der Waals surface area contributed by atoms with Crippen molar-refractivity contribution in [3.05, 3.63) is 83.9 Å². The summed E-state index contributed by atoms with van der Waals surface area (Å²) in [5.74, 6) is -0.283. The van der Waals surface area contributed by atoms with Gasteiger partial charge in [0.25, 0.3) is 0 Å². The van der Waals surface area contributed by atoms with Crippen LogP contribution in [0.4, 0.5) is 11.4 Å². The molecule has 0 spiro atoms. The van der Waals surface area contributed by atoms with Crippen molar-refractivity contribution in [1.82, 2.24) is 9.97 Å². The highest BCUT2D eigenvalue weighted by Crippen LogP contribution is 2.29. The van der Waals surface area contributed by atoms with Crippen molar-refractivity contribution in [1.29, 1.82) is 0 Å². The molecule has 33 heavy (non-hydrogen) atoms. The number of benzene rings is 3. The molecule has 3 heterocycles. The van der Waals surface area contributed by atoms with Gasteiger partial charge in [0.2, 0.25) is 0 Å². The van der Waals surface area contributed by atoms with Crippen LogP contribution in [-0.2, 0) is 16.0 Å². The fourth-order valence-electron chi connectivity index (χ4n) is 4.12. The number of esters is 1. The molecule has 0 saturated carbocycles. The van der Waals surface area contributed by atoms with Crippen LogP contribution >= 0.6 is 0 Å². The summed E-state index contributed by atoms with van der Waals surface area (Å²) in [5.41, 5.74) is 7.61. The Kier molecular flexibility index (Phi) is 5.65. The zero-order valence-corrected chi connectivity index (χ0v) is 18.5. The van der Waals surface area contributed by atoms with Crippen LogP contribution in [-0.4, -0.2) is 22.5 Å². The molecule has 6 nitrogen and oxygen atoms in total. The summed E-state index contributed by atoms with van der Waals surface area (Å²) in [6, 6.07) is 19.9. The van der Waals surface area contributed by atoms with Crippen molar-refractivity contribution < 1.29 is 9.53 Å². The SMILES string of the molecule is C=C(C)C(=O)OCC1CCCc2cccc3nc4ccc(cc4nc23)N=Nc2ccc1cc2. The molecule has 0 aliphatic carbocycles. The number of aryl methyl sites for hydroxylation is 1. The van der Waals surface area contributed by atoms with E-state index in [0.717, 1.165) is 63.8 Å². The summed E-state index contributed by atoms with van der Waals surface area (Å²) < 4.78 is 5.51. The number of azo groups is 1. The second-order valence-corrected chi connectivity index (χ2v) is 8.44. The maximum absolute atomic E-state index is 12.0. The molecule has 5 bridgehead atoms. The lowest BCUT2D eigenvalue weighted by molar-refractivity contribution is -0.139. The molecule has 1 atom stereocenters. The van der Waals surface area contributed by atoms with Crippen LogP contribution in [0, 0.1) is 0 Å². The van der Waals surface area contributed by atoms with Crippen molar-refractivity contribution in [3.8, 4) is 0 Å². The summed E-state index contributed by atoms with van der Waals surface area (Å²) in [6.45, 7) is 5.65. The van der Waals surface area contributed by atoms with Gasteiger partial charge in [0.15, 0.2) is 0 Å². The van der Waals surface area contributed by atoms with Crippen molar-refractivity contribution in [2.24, 2.45) is 10.2 Å². The zero-order valence-electron chi connectivity index (χ0n) is 18.5. The molecule has 1 unspecified atom stereocenters. The van der Waals surface area contributed by atoms with Crippen LogP contribution in [0.25, 0.3) is 22.1 Å². The first-order valence-electron chi connectivity index (χ1n) is 11.1. The summed E-state index contributed by atoms with van der Waals surface area (Å²) in [5, 5.41) is 8.78. The van der Waals surface area contributed by atoms with Crippen LogP contribution in [0.1, 0.15) is 36.8 Å². The van der Waals surface area contributed by atoms with Crippen molar-refractivity contribution >= 4 is 39.4 Å². The van der Waals surface area contributed by atoms with Gasteiger partial charge in [0.1, 0.15) is 0 Å². The first kappa shape index (κ1) is 20.9. The Balaban J connectivity index is 1.54. The predicted molar refractivity (Wildman–Crippen MR) is 129 cm³/mol. The molecular weight excluding hydrogens is 412 g/mol. The van der Waals surface area contributed by atoms with E-state index in [-0.39, 0.29) is 11.9 Å². The van der Waals surface area contributed by atoms with E-state index in [0.29, 0.717) is 12.2 Å². The van der Waals surface area contributed by atoms with Gasteiger partial charge in [-0.05, 0) is 73.7 Å². The van der Waals surface area contributed by atoms with Crippen LogP contribution in [0.5, 0.6) is 0 Å². The number of carbonyl (C=O) groups is 1. The van der Waals surface area contributed by atoms with Crippen molar-refractivity contribution in [2.75, 3.05) is 6.61 Å². The molecule has 0 radical (unpaired) electrons. The largest absolute Gasteiger partial charge is 0.462 e. The van der Waals surface area contributed by atoms with E-state index in [1.165, 1.54) is 0 Å². The first-order chi connectivity index (χ1) is 16.1. The fraction of sp³-hybridized carbons (Fsp3) is 0.222. The highest BCUT2D eigenvalue weighted by atomic mass is 16.5. The quantitative estimate of drug-likeness (QED) is 0.202. The van der Waals surface area contributed by atoms with E-state index in [2.05, 4.69) is 22.9 Å². The Labute approximate surface area is 192 Å². The van der Waals surface area contributed by atoms with Crippen LogP contribution in [0.2, 0.25) is 0 Å². The molecule has 2 aliphatic rings. The number of carbonyl (C=O) groups excluding carboxylic acids is 1. The Morgan fingerprint density at radius 3 is 2.58 bits per heavy atom. The topological polar surface area (TPSA) is 76.8 Å². The van der Waals surface area contributed by atoms with E-state index in [1.807, 2.05) is 54.6 Å². The molecule has 3 aromatic carbocycles. The molecule has 1 aromatic heterocycles. The van der Waals surface area contributed by atoms with Gasteiger partial charge in [-0.15, -0.1) is 0 Å². The van der Waals surface area contributed by atoms with Crippen LogP contribution in [0.15, 0.2) is 83.0 Å². The summed E-state index contributed by atoms with van der Waals surface area (Å²) in [4.78, 5) is 21.7. The highest BCUT2D eigenvalue weighted by molar-refractivity contribution is 5.89. The molecule has 4 aromatic rings. The fourth-order valence-corrected chi connectivity index (χ4v) is 4.12. The molecule has 6 heteroatoms. The Bertz CT molecular complexity index is 1390. The van der Waals surface area contributed by atoms with E-state index in [1.54, 1.807) is 6.92 Å². The molecule has 6 rings (SSSR count). The smallest absolute Gasteiger partial charge is 0.333 e. The Hall–Kier alpha value is -3.93. The standard InChI is InChI=1S/C27H24N4O2/c1-17(2)27(32)33-16-20-7-3-5-19-6-4-8-24-26(19)29-25-15-22(13-14-23(25)28-24)31-30-21-11-9-18(20)10-12-21/h4,6,8-15,20H,1,3,5,7,16H2,2H3. The van der Waals surface area contributed by atoms with Gasteiger partial charge >= 0.3 is 5.97 Å². The third kappa shape index (κ3) is 4.51. The Morgan fingerprint density at radius 2 is 1.76 bits per heavy atom. The average Bonchev–Trinajstić information content (AvgIpc) is 2.83. The summed E-state index contributed by atoms with van der Waals surface area (Å²) in [6.07, 6.45) is 2.65. The van der Waals surface area contributed by atoms with E-state index in [4.69, 9.17) is 14.7 Å². The average molecular weight is 437 g/mol. The minimum absolute atomic E-state index is 0.0766. The molecular formula is C27H24N4O2. The number of aromatic nitrogens is 2. The monoisotopic (exact) mass is 436 g/mol. The lowest BCUT2D eigenvalue weighted by atomic mass is 9.92. The predicted octanol–water partition coefficient (Wildman–Crippen LogP) is 6.74. The molecule has 2 aliphatic heterocycles. The van der Waals surface area contributed by atoms with Gasteiger partial charge in [0, 0.05) is 11.5 Å². The highest BCUT2D eigenvalue weighted by Gasteiger charge is 2.16. The van der Waals surface area contributed by atoms with Gasteiger partial charge in [-0.1, -0.05) is 30.8 Å². The lowest BCUT2D eigenvalue weighted by Crippen LogP contribution is -2.14. The molecule has 164 valence electrons. The second kappa shape index (κ2) is 8.90. The van der Waals surface area contributed by atoms with Crippen LogP contribution in [0.3, 0.4) is 0 Å². The first-order valence-corrected chi connectivity index (χ1v) is 11.1. The van der Waals surface area contributed by atoms with Gasteiger partial charge in [-0.25, -0.2) is 14.8 Å². The zero-order chi connectivity index (χ0) is 22.8. The minimum atomic E-state index is -0.359. The summed E-state index contributed by atoms with van der Waals surface area (Å²) >= 11 is 0. The number of fused-ring (bicyclic) bond motifs is 5. The molecule has 0 N–H and O–H groups in total. The van der Waals surface area contributed by atoms with Crippen LogP contribution < -0.4 is 0 Å². The number of rotatable bonds is 3. The van der Waals surface area contributed by atoms with Crippen molar-refractivity contribution in [3.63, 3.8) is 0 Å². The van der Waals surface area contributed by atoms with Gasteiger partial charge < -0.3 is 4.74 Å². The minimum Gasteiger partial charge on any atom is -0.462 e. The number of nitrogens with zero attached hydrogens (tertiary/aromatic N) is 4. The number of hydrogen-bond donors (Lipinski definition) is 0. The molecule has 0 saturated heterocycles. The van der Waals surface area contributed by atoms with Gasteiger partial charge in [-0.2, -0.15) is 10.2 Å². The third-order valence-electron chi connectivity index (χ3n) is 5.94. The maximum atomic E-state index is 12.0. The van der Waals surface area contributed by atoms with Crippen molar-refractivity contribution in [2.45, 2.75) is 32.1 Å². The van der Waals surface area contributed by atoms with Gasteiger partial charge in [0.05, 0.1) is 40.0 Å². The number of hydrogen-bond acceptors (Lipinski definition) is 6. The molecule has 0 fully saturated rings. The number of ether oxygens (including phenoxy) is 1. The third-order valence-corrected chi connectivity index (χ3v) is 5.94.